The average Bonchev–Trinajstić information content (AvgIpc) is 3.42. The number of rotatable bonds is 11. The van der Waals surface area contributed by atoms with Crippen molar-refractivity contribution in [2.24, 2.45) is 16.8 Å². The summed E-state index contributed by atoms with van der Waals surface area (Å²) in [6.07, 6.45) is 11.2. The maximum atomic E-state index is 13.1. The Labute approximate surface area is 232 Å². The van der Waals surface area contributed by atoms with Crippen molar-refractivity contribution in [2.75, 3.05) is 19.7 Å². The van der Waals surface area contributed by atoms with Crippen molar-refractivity contribution < 1.29 is 9.53 Å². The van der Waals surface area contributed by atoms with Crippen molar-refractivity contribution in [1.29, 1.82) is 0 Å². The molecular formula is C33H40N4O2. The van der Waals surface area contributed by atoms with Gasteiger partial charge >= 0.3 is 0 Å². The van der Waals surface area contributed by atoms with Crippen molar-refractivity contribution in [3.8, 4) is 5.75 Å². The molecular weight excluding hydrogens is 484 g/mol. The molecule has 0 N–H and O–H groups in total. The van der Waals surface area contributed by atoms with Gasteiger partial charge in [-0.05, 0) is 86.6 Å². The number of ether oxygens (including phenoxy) is 1. The average molecular weight is 525 g/mol. The first-order valence-corrected chi connectivity index (χ1v) is 14.6. The van der Waals surface area contributed by atoms with Gasteiger partial charge in [-0.1, -0.05) is 42.5 Å². The Balaban J connectivity index is 1.12. The lowest BCUT2D eigenvalue weighted by Crippen LogP contribution is -2.38. The molecule has 3 heterocycles. The van der Waals surface area contributed by atoms with Crippen LogP contribution in [0.25, 0.3) is 0 Å². The highest BCUT2D eigenvalue weighted by Gasteiger charge is 2.31. The lowest BCUT2D eigenvalue weighted by molar-refractivity contribution is -0.132. The minimum atomic E-state index is 0.136. The second kappa shape index (κ2) is 13.5. The molecule has 6 heteroatoms. The first kappa shape index (κ1) is 27.0. The normalized spacial score (nSPS) is 19.6. The number of nitrogens with zero attached hydrogens (tertiary/aromatic N) is 4. The molecule has 2 aliphatic rings. The standard InChI is InChI=1S/C33H40N4O2/c1-2-39-29-13-6-11-27(23-29)30-24-28(33(36-30)26-9-4-3-5-10-26)12-7-14-32(38)37-21-17-25(18-22-37)15-16-31-34-19-8-20-35-31/h3-6,8-11,13,19-20,23,25,28,33H,2,7,12,14-18,21-22,24H2,1H3. The monoisotopic (exact) mass is 524 g/mol. The Kier molecular flexibility index (Phi) is 9.36. The number of hydrogen-bond donors (Lipinski definition) is 0. The predicted molar refractivity (Wildman–Crippen MR) is 155 cm³/mol. The summed E-state index contributed by atoms with van der Waals surface area (Å²) in [5, 5.41) is 0. The van der Waals surface area contributed by atoms with Crippen molar-refractivity contribution in [2.45, 2.75) is 64.3 Å². The molecule has 2 aromatic carbocycles. The first-order valence-electron chi connectivity index (χ1n) is 14.6. The van der Waals surface area contributed by atoms with Crippen LogP contribution >= 0.6 is 0 Å². The maximum Gasteiger partial charge on any atom is 0.222 e. The SMILES string of the molecule is CCOc1cccc(C2=NC(c3ccccc3)C(CCCC(=O)N3CCC(CCc4ncccn4)CC3)C2)c1. The second-order valence-corrected chi connectivity index (χ2v) is 10.8. The summed E-state index contributed by atoms with van der Waals surface area (Å²) in [5.41, 5.74) is 3.54. The predicted octanol–water partition coefficient (Wildman–Crippen LogP) is 6.47. The van der Waals surface area contributed by atoms with Gasteiger partial charge in [-0.25, -0.2) is 9.97 Å². The number of aromatic nitrogens is 2. The summed E-state index contributed by atoms with van der Waals surface area (Å²) < 4.78 is 5.73. The molecule has 0 spiro atoms. The number of aryl methyl sites for hydroxylation is 1. The van der Waals surface area contributed by atoms with E-state index in [2.05, 4.69) is 57.3 Å². The van der Waals surface area contributed by atoms with Gasteiger partial charge in [0, 0.05) is 44.0 Å². The van der Waals surface area contributed by atoms with Gasteiger partial charge in [-0.15, -0.1) is 0 Å². The van der Waals surface area contributed by atoms with Gasteiger partial charge in [0.15, 0.2) is 0 Å². The van der Waals surface area contributed by atoms with Crippen molar-refractivity contribution in [1.82, 2.24) is 14.9 Å². The number of hydrogen-bond acceptors (Lipinski definition) is 5. The number of carbonyl (C=O) groups excluding carboxylic acids is 1. The fourth-order valence-corrected chi connectivity index (χ4v) is 6.00. The molecule has 2 unspecified atom stereocenters. The molecule has 0 bridgehead atoms. The van der Waals surface area contributed by atoms with Crippen LogP contribution in [0.1, 0.15) is 74.9 Å². The van der Waals surface area contributed by atoms with E-state index in [4.69, 9.17) is 9.73 Å². The van der Waals surface area contributed by atoms with Crippen LogP contribution in [0.3, 0.4) is 0 Å². The Morgan fingerprint density at radius 2 is 1.77 bits per heavy atom. The van der Waals surface area contributed by atoms with Crippen molar-refractivity contribution in [3.05, 3.63) is 90.0 Å². The molecule has 1 saturated heterocycles. The van der Waals surface area contributed by atoms with Crippen LogP contribution in [0.2, 0.25) is 0 Å². The third-order valence-electron chi connectivity index (χ3n) is 8.14. The van der Waals surface area contributed by atoms with E-state index in [-0.39, 0.29) is 6.04 Å². The van der Waals surface area contributed by atoms with Crippen LogP contribution in [-0.4, -0.2) is 46.2 Å². The van der Waals surface area contributed by atoms with Gasteiger partial charge in [0.05, 0.1) is 12.6 Å². The summed E-state index contributed by atoms with van der Waals surface area (Å²) >= 11 is 0. The number of carbonyl (C=O) groups is 1. The summed E-state index contributed by atoms with van der Waals surface area (Å²) in [4.78, 5) is 29.0. The van der Waals surface area contributed by atoms with Crippen LogP contribution in [-0.2, 0) is 11.2 Å². The largest absolute Gasteiger partial charge is 0.494 e. The maximum absolute atomic E-state index is 13.1. The molecule has 0 radical (unpaired) electrons. The van der Waals surface area contributed by atoms with Gasteiger partial charge < -0.3 is 9.64 Å². The van der Waals surface area contributed by atoms with Gasteiger partial charge in [0.25, 0.3) is 0 Å². The summed E-state index contributed by atoms with van der Waals surface area (Å²) in [6, 6.07) is 20.9. The summed E-state index contributed by atoms with van der Waals surface area (Å²) in [7, 11) is 0. The second-order valence-electron chi connectivity index (χ2n) is 10.8. The molecule has 1 aromatic heterocycles. The topological polar surface area (TPSA) is 67.7 Å². The molecule has 2 aliphatic heterocycles. The zero-order valence-electron chi connectivity index (χ0n) is 23.0. The van der Waals surface area contributed by atoms with Crippen molar-refractivity contribution >= 4 is 11.6 Å². The fourth-order valence-electron chi connectivity index (χ4n) is 6.00. The van der Waals surface area contributed by atoms with E-state index in [0.717, 1.165) is 80.9 Å². The van der Waals surface area contributed by atoms with Gasteiger partial charge in [-0.3, -0.25) is 9.79 Å². The van der Waals surface area contributed by atoms with Crippen LogP contribution in [0.5, 0.6) is 5.75 Å². The van der Waals surface area contributed by atoms with Crippen molar-refractivity contribution in [3.63, 3.8) is 0 Å². The van der Waals surface area contributed by atoms with Gasteiger partial charge in [0.2, 0.25) is 5.91 Å². The quantitative estimate of drug-likeness (QED) is 0.288. The smallest absolute Gasteiger partial charge is 0.222 e. The highest BCUT2D eigenvalue weighted by molar-refractivity contribution is 6.02. The minimum Gasteiger partial charge on any atom is -0.494 e. The number of benzene rings is 2. The van der Waals surface area contributed by atoms with E-state index in [9.17, 15) is 4.79 Å². The molecule has 0 aliphatic carbocycles. The summed E-state index contributed by atoms with van der Waals surface area (Å²) in [5.74, 6) is 3.17. The molecule has 5 rings (SSSR count). The third kappa shape index (κ3) is 7.31. The molecule has 0 saturated carbocycles. The minimum absolute atomic E-state index is 0.136. The van der Waals surface area contributed by atoms with Crippen LogP contribution in [0.4, 0.5) is 0 Å². The highest BCUT2D eigenvalue weighted by Crippen LogP contribution is 2.39. The number of aliphatic imine (C=N–C) groups is 1. The number of piperidine rings is 1. The number of amides is 1. The molecule has 6 nitrogen and oxygen atoms in total. The zero-order chi connectivity index (χ0) is 26.9. The zero-order valence-corrected chi connectivity index (χ0v) is 23.0. The Hall–Kier alpha value is -3.54. The van der Waals surface area contributed by atoms with E-state index < -0.39 is 0 Å². The molecule has 2 atom stereocenters. The molecule has 1 amide bonds. The first-order chi connectivity index (χ1) is 19.2. The van der Waals surface area contributed by atoms with Crippen LogP contribution in [0, 0.1) is 11.8 Å². The molecule has 39 heavy (non-hydrogen) atoms. The van der Waals surface area contributed by atoms with Gasteiger partial charge in [0.1, 0.15) is 11.6 Å². The molecule has 3 aromatic rings. The molecule has 204 valence electrons. The fraction of sp³-hybridized carbons (Fsp3) is 0.455. The Morgan fingerprint density at radius 1 is 0.974 bits per heavy atom. The Bertz CT molecular complexity index is 1220. The van der Waals surface area contributed by atoms with Crippen LogP contribution in [0.15, 0.2) is 78.0 Å². The van der Waals surface area contributed by atoms with E-state index in [1.807, 2.05) is 37.5 Å². The van der Waals surface area contributed by atoms with E-state index >= 15 is 0 Å². The van der Waals surface area contributed by atoms with E-state index in [0.29, 0.717) is 30.8 Å². The lowest BCUT2D eigenvalue weighted by atomic mass is 9.87. The lowest BCUT2D eigenvalue weighted by Gasteiger charge is -2.32. The third-order valence-corrected chi connectivity index (χ3v) is 8.14. The van der Waals surface area contributed by atoms with E-state index in [1.54, 1.807) is 0 Å². The van der Waals surface area contributed by atoms with Crippen LogP contribution < -0.4 is 4.74 Å². The Morgan fingerprint density at radius 3 is 2.54 bits per heavy atom. The number of likely N-dealkylation sites (tertiary alicyclic amines) is 1. The highest BCUT2D eigenvalue weighted by atomic mass is 16.5. The van der Waals surface area contributed by atoms with E-state index in [1.165, 1.54) is 5.56 Å². The molecule has 1 fully saturated rings. The summed E-state index contributed by atoms with van der Waals surface area (Å²) in [6.45, 7) is 4.41. The van der Waals surface area contributed by atoms with Gasteiger partial charge in [-0.2, -0.15) is 0 Å².